The van der Waals surface area contributed by atoms with E-state index in [9.17, 15) is 4.79 Å². The molecule has 2 atom stereocenters. The van der Waals surface area contributed by atoms with E-state index in [2.05, 4.69) is 16.0 Å². The van der Waals surface area contributed by atoms with Gasteiger partial charge in [0.2, 0.25) is 0 Å². The van der Waals surface area contributed by atoms with Crippen LogP contribution in [-0.4, -0.2) is 29.8 Å². The summed E-state index contributed by atoms with van der Waals surface area (Å²) in [5.74, 6) is 0.557. The summed E-state index contributed by atoms with van der Waals surface area (Å²) in [6.45, 7) is 0. The molecule has 0 bridgehead atoms. The van der Waals surface area contributed by atoms with E-state index in [-0.39, 0.29) is 12.0 Å². The van der Waals surface area contributed by atoms with Gasteiger partial charge in [-0.3, -0.25) is 9.78 Å². The first kappa shape index (κ1) is 12.2. The maximum Gasteiger partial charge on any atom is 0.137 e. The first-order valence-corrected chi connectivity index (χ1v) is 6.29. The standard InChI is InChI=1S/C14H20N2O/c1-16(2)14(11-6-5-9-15-10-11)12-7-3-4-8-13(12)17/h5-6,9-10,12,14H,3-4,7-8H2,1-2H3/t12-,14+/m1/s1. The maximum absolute atomic E-state index is 12.1. The van der Waals surface area contributed by atoms with Gasteiger partial charge in [-0.25, -0.2) is 0 Å². The predicted octanol–water partition coefficient (Wildman–Crippen LogP) is 2.44. The van der Waals surface area contributed by atoms with Gasteiger partial charge in [0.15, 0.2) is 0 Å². The van der Waals surface area contributed by atoms with Crippen LogP contribution in [-0.2, 0) is 4.79 Å². The van der Waals surface area contributed by atoms with Gasteiger partial charge in [0, 0.05) is 30.8 Å². The number of Topliss-reactive ketones (excluding diaryl/α,β-unsaturated/α-hetero) is 1. The van der Waals surface area contributed by atoms with Gasteiger partial charge < -0.3 is 4.90 Å². The summed E-state index contributed by atoms with van der Waals surface area (Å²) >= 11 is 0. The molecule has 1 saturated carbocycles. The fourth-order valence-corrected chi connectivity index (χ4v) is 2.79. The van der Waals surface area contributed by atoms with Crippen molar-refractivity contribution in [3.63, 3.8) is 0 Å². The van der Waals surface area contributed by atoms with Gasteiger partial charge in [-0.15, -0.1) is 0 Å². The summed E-state index contributed by atoms with van der Waals surface area (Å²) in [5, 5.41) is 0. The molecule has 17 heavy (non-hydrogen) atoms. The highest BCUT2D eigenvalue weighted by Gasteiger charge is 2.32. The van der Waals surface area contributed by atoms with E-state index in [1.807, 2.05) is 26.4 Å². The van der Waals surface area contributed by atoms with E-state index in [1.165, 1.54) is 6.42 Å². The minimum absolute atomic E-state index is 0.142. The Morgan fingerprint density at radius 2 is 2.24 bits per heavy atom. The largest absolute Gasteiger partial charge is 0.302 e. The van der Waals surface area contributed by atoms with Crippen molar-refractivity contribution in [1.29, 1.82) is 0 Å². The first-order chi connectivity index (χ1) is 8.20. The topological polar surface area (TPSA) is 33.2 Å². The monoisotopic (exact) mass is 232 g/mol. The molecule has 0 N–H and O–H groups in total. The van der Waals surface area contributed by atoms with Gasteiger partial charge >= 0.3 is 0 Å². The van der Waals surface area contributed by atoms with E-state index in [0.29, 0.717) is 5.78 Å². The Hall–Kier alpha value is -1.22. The molecule has 1 heterocycles. The third-order valence-corrected chi connectivity index (χ3v) is 3.57. The van der Waals surface area contributed by atoms with Crippen LogP contribution in [0.15, 0.2) is 24.5 Å². The van der Waals surface area contributed by atoms with Crippen LogP contribution in [0.4, 0.5) is 0 Å². The van der Waals surface area contributed by atoms with Crippen molar-refractivity contribution in [2.45, 2.75) is 31.7 Å². The number of nitrogens with zero attached hydrogens (tertiary/aromatic N) is 2. The number of ketones is 1. The summed E-state index contributed by atoms with van der Waals surface area (Å²) in [4.78, 5) is 18.4. The van der Waals surface area contributed by atoms with Crippen molar-refractivity contribution in [1.82, 2.24) is 9.88 Å². The van der Waals surface area contributed by atoms with Crippen LogP contribution in [0, 0.1) is 5.92 Å². The maximum atomic E-state index is 12.1. The number of aromatic nitrogens is 1. The summed E-state index contributed by atoms with van der Waals surface area (Å²) in [7, 11) is 4.08. The third kappa shape index (κ3) is 2.72. The minimum atomic E-state index is 0.142. The van der Waals surface area contributed by atoms with Gasteiger partial charge in [0.25, 0.3) is 0 Å². The summed E-state index contributed by atoms with van der Waals surface area (Å²) < 4.78 is 0. The van der Waals surface area contributed by atoms with Crippen LogP contribution >= 0.6 is 0 Å². The summed E-state index contributed by atoms with van der Waals surface area (Å²) in [5.41, 5.74) is 1.15. The lowest BCUT2D eigenvalue weighted by Crippen LogP contribution is -2.34. The molecule has 2 rings (SSSR count). The van der Waals surface area contributed by atoms with Gasteiger partial charge in [-0.05, 0) is 38.6 Å². The number of rotatable bonds is 3. The van der Waals surface area contributed by atoms with E-state index in [0.717, 1.165) is 24.8 Å². The lowest BCUT2D eigenvalue weighted by molar-refractivity contribution is -0.126. The molecule has 1 fully saturated rings. The van der Waals surface area contributed by atoms with Gasteiger partial charge in [0.05, 0.1) is 0 Å². The smallest absolute Gasteiger partial charge is 0.137 e. The highest BCUT2D eigenvalue weighted by atomic mass is 16.1. The van der Waals surface area contributed by atoms with Gasteiger partial charge in [-0.1, -0.05) is 12.5 Å². The van der Waals surface area contributed by atoms with Crippen molar-refractivity contribution in [2.75, 3.05) is 14.1 Å². The number of hydrogen-bond donors (Lipinski definition) is 0. The SMILES string of the molecule is CN(C)[C@@H](c1cccnc1)[C@@H]1CCCCC1=O. The molecule has 0 saturated heterocycles. The Bertz CT molecular complexity index is 375. The Labute approximate surface area is 103 Å². The zero-order chi connectivity index (χ0) is 12.3. The molecule has 3 heteroatoms. The molecule has 0 radical (unpaired) electrons. The second-order valence-electron chi connectivity index (χ2n) is 5.01. The Morgan fingerprint density at radius 3 is 2.82 bits per heavy atom. The lowest BCUT2D eigenvalue weighted by atomic mass is 9.80. The van der Waals surface area contributed by atoms with Gasteiger partial charge in [0.1, 0.15) is 5.78 Å². The second-order valence-corrected chi connectivity index (χ2v) is 5.01. The summed E-state index contributed by atoms with van der Waals surface area (Å²) in [6, 6.07) is 4.19. The molecule has 1 aliphatic carbocycles. The molecule has 1 aromatic rings. The number of carbonyl (C=O) groups is 1. The molecular weight excluding hydrogens is 212 g/mol. The van der Waals surface area contributed by atoms with Crippen LogP contribution < -0.4 is 0 Å². The Morgan fingerprint density at radius 1 is 1.41 bits per heavy atom. The van der Waals surface area contributed by atoms with E-state index < -0.39 is 0 Å². The van der Waals surface area contributed by atoms with Crippen LogP contribution in [0.25, 0.3) is 0 Å². The van der Waals surface area contributed by atoms with Crippen molar-refractivity contribution < 1.29 is 4.79 Å². The molecule has 0 amide bonds. The zero-order valence-electron chi connectivity index (χ0n) is 10.6. The quantitative estimate of drug-likeness (QED) is 0.802. The van der Waals surface area contributed by atoms with Crippen molar-refractivity contribution >= 4 is 5.78 Å². The number of pyridine rings is 1. The third-order valence-electron chi connectivity index (χ3n) is 3.57. The van der Waals surface area contributed by atoms with Gasteiger partial charge in [-0.2, -0.15) is 0 Å². The lowest BCUT2D eigenvalue weighted by Gasteiger charge is -2.33. The van der Waals surface area contributed by atoms with E-state index in [4.69, 9.17) is 0 Å². The molecule has 92 valence electrons. The Kier molecular flexibility index (Phi) is 3.89. The second kappa shape index (κ2) is 5.41. The highest BCUT2D eigenvalue weighted by molar-refractivity contribution is 5.82. The van der Waals surface area contributed by atoms with E-state index in [1.54, 1.807) is 6.20 Å². The molecule has 0 unspecified atom stereocenters. The minimum Gasteiger partial charge on any atom is -0.302 e. The van der Waals surface area contributed by atoms with Crippen LogP contribution in [0.3, 0.4) is 0 Å². The van der Waals surface area contributed by atoms with Crippen LogP contribution in [0.2, 0.25) is 0 Å². The predicted molar refractivity (Wildman–Crippen MR) is 67.6 cm³/mol. The summed E-state index contributed by atoms with van der Waals surface area (Å²) in [6.07, 6.45) is 7.64. The molecule has 0 aromatic carbocycles. The molecule has 1 aliphatic rings. The fourth-order valence-electron chi connectivity index (χ4n) is 2.79. The fraction of sp³-hybridized carbons (Fsp3) is 0.571. The molecule has 3 nitrogen and oxygen atoms in total. The van der Waals surface area contributed by atoms with E-state index >= 15 is 0 Å². The van der Waals surface area contributed by atoms with Crippen LogP contribution in [0.1, 0.15) is 37.3 Å². The van der Waals surface area contributed by atoms with Crippen molar-refractivity contribution in [3.05, 3.63) is 30.1 Å². The average Bonchev–Trinajstić information content (AvgIpc) is 2.33. The van der Waals surface area contributed by atoms with Crippen LogP contribution in [0.5, 0.6) is 0 Å². The number of carbonyl (C=O) groups excluding carboxylic acids is 1. The molecule has 0 aliphatic heterocycles. The normalized spacial score (nSPS) is 22.8. The van der Waals surface area contributed by atoms with Crippen molar-refractivity contribution in [2.24, 2.45) is 5.92 Å². The highest BCUT2D eigenvalue weighted by Crippen LogP contribution is 2.34. The molecule has 0 spiro atoms. The van der Waals surface area contributed by atoms with Crippen molar-refractivity contribution in [3.8, 4) is 0 Å². The number of hydrogen-bond acceptors (Lipinski definition) is 3. The zero-order valence-corrected chi connectivity index (χ0v) is 10.6. The molecule has 1 aromatic heterocycles. The molecular formula is C14H20N2O. The first-order valence-electron chi connectivity index (χ1n) is 6.29. The Balaban J connectivity index is 2.26. The average molecular weight is 232 g/mol.